The summed E-state index contributed by atoms with van der Waals surface area (Å²) < 4.78 is 0. The predicted octanol–water partition coefficient (Wildman–Crippen LogP) is 5.26. The largest absolute Gasteiger partial charge is 0.393 e. The Kier molecular flexibility index (Phi) is 6.76. The molecule has 1 aromatic carbocycles. The maximum atomic E-state index is 13.3. The summed E-state index contributed by atoms with van der Waals surface area (Å²) in [4.78, 5) is 15.3. The van der Waals surface area contributed by atoms with Crippen molar-refractivity contribution >= 4 is 11.6 Å². The van der Waals surface area contributed by atoms with Crippen LogP contribution in [0.4, 0.5) is 5.69 Å². The molecule has 4 fully saturated rings. The predicted molar refractivity (Wildman–Crippen MR) is 150 cm³/mol. The van der Waals surface area contributed by atoms with Crippen molar-refractivity contribution < 1.29 is 20.1 Å². The van der Waals surface area contributed by atoms with Crippen molar-refractivity contribution in [2.75, 3.05) is 11.4 Å². The molecular formula is C33H49NO4. The Morgan fingerprint density at radius 3 is 2.66 bits per heavy atom. The van der Waals surface area contributed by atoms with Crippen molar-refractivity contribution in [1.29, 1.82) is 0 Å². The quantitative estimate of drug-likeness (QED) is 0.503. The monoisotopic (exact) mass is 523 g/mol. The van der Waals surface area contributed by atoms with Crippen LogP contribution >= 0.6 is 0 Å². The number of hydrogen-bond acceptors (Lipinski definition) is 4. The maximum absolute atomic E-state index is 13.3. The van der Waals surface area contributed by atoms with Gasteiger partial charge in [-0.05, 0) is 128 Å². The van der Waals surface area contributed by atoms with E-state index in [1.165, 1.54) is 11.1 Å². The number of aliphatic hydroxyl groups is 3. The SMILES string of the molecule is Cc1cccc2c1CCN2C(=O)CC[C@@H](C)[C@H]1CC[C@H]2[C@@H]3[C@H](O)C[C@@H]4C[C@H](O)CC[C@]4(C)[C@H]3C[C@H](O)[C@]12C. The molecule has 0 saturated heterocycles. The molecule has 4 saturated carbocycles. The summed E-state index contributed by atoms with van der Waals surface area (Å²) in [6.45, 7) is 9.91. The van der Waals surface area contributed by atoms with Gasteiger partial charge in [0.1, 0.15) is 0 Å². The van der Waals surface area contributed by atoms with Gasteiger partial charge < -0.3 is 20.2 Å². The zero-order chi connectivity index (χ0) is 27.0. The van der Waals surface area contributed by atoms with E-state index in [9.17, 15) is 20.1 Å². The Morgan fingerprint density at radius 1 is 1.08 bits per heavy atom. The summed E-state index contributed by atoms with van der Waals surface area (Å²) in [5.74, 6) is 2.19. The molecule has 5 aliphatic rings. The summed E-state index contributed by atoms with van der Waals surface area (Å²) in [6, 6.07) is 6.27. The van der Waals surface area contributed by atoms with Gasteiger partial charge in [0.05, 0.1) is 18.3 Å². The smallest absolute Gasteiger partial charge is 0.227 e. The number of aliphatic hydroxyl groups excluding tert-OH is 3. The van der Waals surface area contributed by atoms with Gasteiger partial charge in [0.25, 0.3) is 0 Å². The molecule has 1 aliphatic heterocycles. The lowest BCUT2D eigenvalue weighted by molar-refractivity contribution is -0.207. The minimum Gasteiger partial charge on any atom is -0.393 e. The number of carbonyl (C=O) groups excluding carboxylic acids is 1. The molecule has 0 unspecified atom stereocenters. The second-order valence-corrected chi connectivity index (χ2v) is 14.4. The van der Waals surface area contributed by atoms with Gasteiger partial charge in [0.15, 0.2) is 0 Å². The number of rotatable bonds is 4. The van der Waals surface area contributed by atoms with Crippen molar-refractivity contribution in [3.05, 3.63) is 29.3 Å². The van der Waals surface area contributed by atoms with Crippen LogP contribution < -0.4 is 4.90 Å². The second kappa shape index (κ2) is 9.59. The van der Waals surface area contributed by atoms with Gasteiger partial charge >= 0.3 is 0 Å². The fourth-order valence-electron chi connectivity index (χ4n) is 10.7. The van der Waals surface area contributed by atoms with Gasteiger partial charge in [-0.25, -0.2) is 0 Å². The van der Waals surface area contributed by atoms with E-state index in [-0.39, 0.29) is 41.0 Å². The molecule has 0 radical (unpaired) electrons. The van der Waals surface area contributed by atoms with Gasteiger partial charge in [-0.1, -0.05) is 32.9 Å². The molecule has 3 N–H and O–H groups in total. The molecule has 0 spiro atoms. The fraction of sp³-hybridized carbons (Fsp3) is 0.788. The third-order valence-electron chi connectivity index (χ3n) is 12.9. The standard InChI is InChI=1S/C33H49NO4/c1-19-6-5-7-27-23(19)13-15-34(27)30(38)11-8-20(2)24-9-10-25-31-26(18-29(37)33(24,25)4)32(3)14-12-22(35)16-21(32)17-28(31)36/h5-7,20-22,24-26,28-29,31,35-37H,8-18H2,1-4H3/t20-,21+,22-,24-,25+,26+,28-,29+,31+,32+,33-/m1/s1. The average Bonchev–Trinajstić information content (AvgIpc) is 3.47. The van der Waals surface area contributed by atoms with Gasteiger partial charge in [-0.15, -0.1) is 0 Å². The van der Waals surface area contributed by atoms with Crippen LogP contribution in [0.3, 0.4) is 0 Å². The highest BCUT2D eigenvalue weighted by Gasteiger charge is 2.65. The van der Waals surface area contributed by atoms with E-state index in [2.05, 4.69) is 45.9 Å². The van der Waals surface area contributed by atoms with E-state index in [0.717, 1.165) is 70.0 Å². The first-order valence-corrected chi connectivity index (χ1v) is 15.5. The highest BCUT2D eigenvalue weighted by atomic mass is 16.3. The molecule has 0 aromatic heterocycles. The van der Waals surface area contributed by atoms with E-state index >= 15 is 0 Å². The fourth-order valence-corrected chi connectivity index (χ4v) is 10.7. The molecule has 6 rings (SSSR count). The Hall–Kier alpha value is -1.43. The van der Waals surface area contributed by atoms with E-state index in [0.29, 0.717) is 36.0 Å². The van der Waals surface area contributed by atoms with Crippen molar-refractivity contribution in [2.24, 2.45) is 46.3 Å². The maximum Gasteiger partial charge on any atom is 0.227 e. The van der Waals surface area contributed by atoms with Crippen LogP contribution in [0.5, 0.6) is 0 Å². The van der Waals surface area contributed by atoms with E-state index in [4.69, 9.17) is 0 Å². The number of benzene rings is 1. The number of nitrogens with zero attached hydrogens (tertiary/aromatic N) is 1. The van der Waals surface area contributed by atoms with Crippen molar-refractivity contribution in [2.45, 2.75) is 110 Å². The highest BCUT2D eigenvalue weighted by molar-refractivity contribution is 5.95. The lowest BCUT2D eigenvalue weighted by Crippen LogP contribution is -2.62. The van der Waals surface area contributed by atoms with Crippen LogP contribution in [0.15, 0.2) is 18.2 Å². The van der Waals surface area contributed by atoms with E-state index in [1.807, 2.05) is 4.90 Å². The summed E-state index contributed by atoms with van der Waals surface area (Å²) >= 11 is 0. The Bertz CT molecular complexity index is 1070. The molecule has 0 bridgehead atoms. The van der Waals surface area contributed by atoms with Crippen molar-refractivity contribution in [3.63, 3.8) is 0 Å². The normalized spacial score (nSPS) is 44.7. The first-order valence-electron chi connectivity index (χ1n) is 15.5. The van der Waals surface area contributed by atoms with E-state index in [1.54, 1.807) is 0 Å². The number of fused-ring (bicyclic) bond motifs is 6. The lowest BCUT2D eigenvalue weighted by Gasteiger charge is -2.63. The number of carbonyl (C=O) groups is 1. The van der Waals surface area contributed by atoms with E-state index < -0.39 is 0 Å². The second-order valence-electron chi connectivity index (χ2n) is 14.4. The van der Waals surface area contributed by atoms with Gasteiger partial charge in [-0.3, -0.25) is 4.79 Å². The Morgan fingerprint density at radius 2 is 1.87 bits per heavy atom. The van der Waals surface area contributed by atoms with Crippen LogP contribution in [0, 0.1) is 53.3 Å². The summed E-state index contributed by atoms with van der Waals surface area (Å²) in [5, 5.41) is 33.7. The number of hydrogen-bond donors (Lipinski definition) is 3. The first kappa shape index (κ1) is 26.8. The van der Waals surface area contributed by atoms with Gasteiger partial charge in [0, 0.05) is 18.7 Å². The van der Waals surface area contributed by atoms with Gasteiger partial charge in [0.2, 0.25) is 5.91 Å². The molecule has 11 atom stereocenters. The minimum absolute atomic E-state index is 0.103. The molecule has 5 nitrogen and oxygen atoms in total. The highest BCUT2D eigenvalue weighted by Crippen LogP contribution is 2.68. The van der Waals surface area contributed by atoms with Crippen LogP contribution in [-0.4, -0.2) is 46.1 Å². The number of aryl methyl sites for hydroxylation is 1. The third-order valence-corrected chi connectivity index (χ3v) is 12.9. The van der Waals surface area contributed by atoms with Crippen molar-refractivity contribution in [3.8, 4) is 0 Å². The van der Waals surface area contributed by atoms with Gasteiger partial charge in [-0.2, -0.15) is 0 Å². The minimum atomic E-state index is -0.373. The lowest BCUT2D eigenvalue weighted by atomic mass is 9.43. The van der Waals surface area contributed by atoms with Crippen LogP contribution in [0.1, 0.15) is 89.7 Å². The molecule has 4 aliphatic carbocycles. The molecule has 1 aromatic rings. The zero-order valence-electron chi connectivity index (χ0n) is 23.9. The first-order chi connectivity index (χ1) is 18.1. The summed E-state index contributed by atoms with van der Waals surface area (Å²) in [7, 11) is 0. The van der Waals surface area contributed by atoms with Crippen LogP contribution in [0.25, 0.3) is 0 Å². The molecule has 1 heterocycles. The molecule has 1 amide bonds. The molecule has 5 heteroatoms. The zero-order valence-corrected chi connectivity index (χ0v) is 23.9. The van der Waals surface area contributed by atoms with Crippen LogP contribution in [-0.2, 0) is 11.2 Å². The topological polar surface area (TPSA) is 81.0 Å². The summed E-state index contributed by atoms with van der Waals surface area (Å²) in [6.07, 6.45) is 7.75. The van der Waals surface area contributed by atoms with Crippen LogP contribution in [0.2, 0.25) is 0 Å². The average molecular weight is 524 g/mol. The Balaban J connectivity index is 1.16. The third kappa shape index (κ3) is 3.93. The molecular weight excluding hydrogens is 474 g/mol. The summed E-state index contributed by atoms with van der Waals surface area (Å²) in [5.41, 5.74) is 3.58. The molecule has 210 valence electrons. The number of amides is 1. The number of anilines is 1. The van der Waals surface area contributed by atoms with Crippen molar-refractivity contribution in [1.82, 2.24) is 0 Å². The Labute approximate surface area is 229 Å². The molecule has 38 heavy (non-hydrogen) atoms.